The van der Waals surface area contributed by atoms with Crippen molar-refractivity contribution in [3.05, 3.63) is 29.8 Å². The monoisotopic (exact) mass is 275 g/mol. The van der Waals surface area contributed by atoms with Gasteiger partial charge in [-0.2, -0.15) is 0 Å². The number of hydrogen-bond donors (Lipinski definition) is 2. The minimum Gasteiger partial charge on any atom is -0.398 e. The molecular formula is C16H25N3O. The minimum atomic E-state index is 0.0656. The molecule has 1 aliphatic heterocycles. The summed E-state index contributed by atoms with van der Waals surface area (Å²) in [5.74, 6) is 0.823. The van der Waals surface area contributed by atoms with Gasteiger partial charge in [0.2, 0.25) is 5.91 Å². The zero-order chi connectivity index (χ0) is 14.4. The summed E-state index contributed by atoms with van der Waals surface area (Å²) in [6, 6.07) is 7.54. The Morgan fingerprint density at radius 3 is 2.75 bits per heavy atom. The number of hydrogen-bond acceptors (Lipinski definition) is 3. The molecule has 4 nitrogen and oxygen atoms in total. The lowest BCUT2D eigenvalue weighted by Gasteiger charge is -2.28. The van der Waals surface area contributed by atoms with Crippen molar-refractivity contribution in [1.29, 1.82) is 0 Å². The molecule has 2 rings (SSSR count). The molecule has 110 valence electrons. The van der Waals surface area contributed by atoms with Gasteiger partial charge < -0.3 is 16.0 Å². The summed E-state index contributed by atoms with van der Waals surface area (Å²) in [5, 5.41) is 3.01. The van der Waals surface area contributed by atoms with Gasteiger partial charge in [-0.05, 0) is 56.9 Å². The van der Waals surface area contributed by atoms with E-state index < -0.39 is 0 Å². The molecule has 1 aliphatic rings. The molecule has 0 aliphatic carbocycles. The summed E-state index contributed by atoms with van der Waals surface area (Å²) in [7, 11) is 2.17. The summed E-state index contributed by atoms with van der Waals surface area (Å²) in [6.07, 6.45) is 3.96. The normalized spacial score (nSPS) is 17.1. The third-order valence-electron chi connectivity index (χ3n) is 4.12. The van der Waals surface area contributed by atoms with Crippen molar-refractivity contribution < 1.29 is 4.79 Å². The number of nitrogen functional groups attached to an aromatic ring is 1. The Hall–Kier alpha value is -1.55. The Morgan fingerprint density at radius 2 is 2.05 bits per heavy atom. The van der Waals surface area contributed by atoms with Crippen molar-refractivity contribution in [3.63, 3.8) is 0 Å². The van der Waals surface area contributed by atoms with Crippen LogP contribution in [0.25, 0.3) is 0 Å². The van der Waals surface area contributed by atoms with Gasteiger partial charge in [0.05, 0.1) is 6.42 Å². The van der Waals surface area contributed by atoms with Gasteiger partial charge in [0.25, 0.3) is 0 Å². The van der Waals surface area contributed by atoms with E-state index in [0.717, 1.165) is 24.4 Å². The molecule has 1 saturated heterocycles. The number of piperidine rings is 1. The van der Waals surface area contributed by atoms with Crippen molar-refractivity contribution in [1.82, 2.24) is 10.2 Å². The Labute approximate surface area is 121 Å². The van der Waals surface area contributed by atoms with Crippen LogP contribution >= 0.6 is 0 Å². The van der Waals surface area contributed by atoms with Gasteiger partial charge in [0.15, 0.2) is 0 Å². The average molecular weight is 275 g/mol. The predicted octanol–water partition coefficient (Wildman–Crippen LogP) is 1.66. The highest BCUT2D eigenvalue weighted by Gasteiger charge is 2.16. The molecule has 1 fully saturated rings. The van der Waals surface area contributed by atoms with Crippen molar-refractivity contribution >= 4 is 11.6 Å². The Bertz CT molecular complexity index is 439. The molecule has 0 radical (unpaired) electrons. The lowest BCUT2D eigenvalue weighted by molar-refractivity contribution is -0.120. The van der Waals surface area contributed by atoms with Crippen molar-refractivity contribution in [3.8, 4) is 0 Å². The molecule has 0 spiro atoms. The summed E-state index contributed by atoms with van der Waals surface area (Å²) < 4.78 is 0. The standard InChI is InChI=1S/C16H25N3O/c1-19-10-7-13(8-11-19)6-9-18-16(20)12-14-4-2-3-5-15(14)17/h2-5,13H,6-12,17H2,1H3,(H,18,20). The van der Waals surface area contributed by atoms with Crippen LogP contribution in [0.4, 0.5) is 5.69 Å². The summed E-state index contributed by atoms with van der Waals surface area (Å²) in [5.41, 5.74) is 7.44. The van der Waals surface area contributed by atoms with E-state index in [1.807, 2.05) is 24.3 Å². The largest absolute Gasteiger partial charge is 0.398 e. The molecule has 1 heterocycles. The number of anilines is 1. The van der Waals surface area contributed by atoms with E-state index in [9.17, 15) is 4.79 Å². The van der Waals surface area contributed by atoms with E-state index in [-0.39, 0.29) is 5.91 Å². The fourth-order valence-electron chi connectivity index (χ4n) is 2.70. The number of nitrogens with one attached hydrogen (secondary N) is 1. The van der Waals surface area contributed by atoms with E-state index in [2.05, 4.69) is 17.3 Å². The number of amides is 1. The number of carbonyl (C=O) groups excluding carboxylic acids is 1. The predicted molar refractivity (Wildman–Crippen MR) is 82.4 cm³/mol. The highest BCUT2D eigenvalue weighted by atomic mass is 16.1. The van der Waals surface area contributed by atoms with E-state index in [4.69, 9.17) is 5.73 Å². The molecule has 1 aromatic rings. The first-order valence-electron chi connectivity index (χ1n) is 7.44. The van der Waals surface area contributed by atoms with Gasteiger partial charge in [-0.25, -0.2) is 0 Å². The van der Waals surface area contributed by atoms with Crippen LogP contribution in [0.2, 0.25) is 0 Å². The maximum Gasteiger partial charge on any atom is 0.224 e. The first-order valence-corrected chi connectivity index (χ1v) is 7.44. The zero-order valence-electron chi connectivity index (χ0n) is 12.3. The fraction of sp³-hybridized carbons (Fsp3) is 0.562. The highest BCUT2D eigenvalue weighted by molar-refractivity contribution is 5.80. The Balaban J connectivity index is 1.67. The molecule has 0 aromatic heterocycles. The number of benzene rings is 1. The van der Waals surface area contributed by atoms with Gasteiger partial charge in [0.1, 0.15) is 0 Å². The number of likely N-dealkylation sites (tertiary alicyclic amines) is 1. The number of carbonyl (C=O) groups is 1. The van der Waals surface area contributed by atoms with Crippen LogP contribution in [-0.4, -0.2) is 37.5 Å². The summed E-state index contributed by atoms with van der Waals surface area (Å²) >= 11 is 0. The van der Waals surface area contributed by atoms with Gasteiger partial charge in [-0.1, -0.05) is 18.2 Å². The van der Waals surface area contributed by atoms with Crippen LogP contribution in [0.1, 0.15) is 24.8 Å². The SMILES string of the molecule is CN1CCC(CCNC(=O)Cc2ccccc2N)CC1. The second-order valence-corrected chi connectivity index (χ2v) is 5.76. The van der Waals surface area contributed by atoms with E-state index >= 15 is 0 Å². The maximum atomic E-state index is 11.9. The zero-order valence-corrected chi connectivity index (χ0v) is 12.3. The van der Waals surface area contributed by atoms with Crippen LogP contribution in [0, 0.1) is 5.92 Å². The van der Waals surface area contributed by atoms with Crippen LogP contribution in [0.5, 0.6) is 0 Å². The summed E-state index contributed by atoms with van der Waals surface area (Å²) in [6.45, 7) is 3.14. The smallest absolute Gasteiger partial charge is 0.224 e. The van der Waals surface area contributed by atoms with Crippen LogP contribution in [0.15, 0.2) is 24.3 Å². The third-order valence-corrected chi connectivity index (χ3v) is 4.12. The third kappa shape index (κ3) is 4.53. The Kier molecular flexibility index (Phi) is 5.41. The molecule has 0 bridgehead atoms. The van der Waals surface area contributed by atoms with Crippen molar-refractivity contribution in [2.45, 2.75) is 25.7 Å². The summed E-state index contributed by atoms with van der Waals surface area (Å²) in [4.78, 5) is 14.3. The van der Waals surface area contributed by atoms with Crippen LogP contribution < -0.4 is 11.1 Å². The molecule has 4 heteroatoms. The number of rotatable bonds is 5. The second kappa shape index (κ2) is 7.29. The fourth-order valence-corrected chi connectivity index (χ4v) is 2.70. The topological polar surface area (TPSA) is 58.4 Å². The van der Waals surface area contributed by atoms with Crippen molar-refractivity contribution in [2.75, 3.05) is 32.4 Å². The molecule has 0 atom stereocenters. The first-order chi connectivity index (χ1) is 9.65. The maximum absolute atomic E-state index is 11.9. The number of para-hydroxylation sites is 1. The lowest BCUT2D eigenvalue weighted by Crippen LogP contribution is -2.33. The average Bonchev–Trinajstić information content (AvgIpc) is 2.44. The minimum absolute atomic E-state index is 0.0656. The van der Waals surface area contributed by atoms with Gasteiger partial charge in [-0.3, -0.25) is 4.79 Å². The van der Waals surface area contributed by atoms with E-state index in [0.29, 0.717) is 12.1 Å². The first kappa shape index (κ1) is 14.9. The lowest BCUT2D eigenvalue weighted by atomic mass is 9.94. The molecule has 0 saturated carbocycles. The van der Waals surface area contributed by atoms with Gasteiger partial charge in [0, 0.05) is 12.2 Å². The second-order valence-electron chi connectivity index (χ2n) is 5.76. The molecule has 20 heavy (non-hydrogen) atoms. The molecule has 1 amide bonds. The van der Waals surface area contributed by atoms with Crippen molar-refractivity contribution in [2.24, 2.45) is 5.92 Å². The molecular weight excluding hydrogens is 250 g/mol. The number of nitrogens with two attached hydrogens (primary N) is 1. The van der Waals surface area contributed by atoms with E-state index in [1.54, 1.807) is 0 Å². The van der Waals surface area contributed by atoms with E-state index in [1.165, 1.54) is 25.9 Å². The van der Waals surface area contributed by atoms with Gasteiger partial charge in [-0.15, -0.1) is 0 Å². The number of nitrogens with zero attached hydrogens (tertiary/aromatic N) is 1. The highest BCUT2D eigenvalue weighted by Crippen LogP contribution is 2.18. The molecule has 3 N–H and O–H groups in total. The molecule has 1 aromatic carbocycles. The van der Waals surface area contributed by atoms with Crippen LogP contribution in [-0.2, 0) is 11.2 Å². The van der Waals surface area contributed by atoms with Crippen LogP contribution in [0.3, 0.4) is 0 Å². The Morgan fingerprint density at radius 1 is 1.35 bits per heavy atom. The molecule has 0 unspecified atom stereocenters. The quantitative estimate of drug-likeness (QED) is 0.804. The van der Waals surface area contributed by atoms with Gasteiger partial charge >= 0.3 is 0 Å².